The summed E-state index contributed by atoms with van der Waals surface area (Å²) in [6, 6.07) is 15.2. The lowest BCUT2D eigenvalue weighted by Crippen LogP contribution is -2.21. The molecule has 32 heavy (non-hydrogen) atoms. The fourth-order valence-corrected chi connectivity index (χ4v) is 5.06. The highest BCUT2D eigenvalue weighted by molar-refractivity contribution is 6.06. The van der Waals surface area contributed by atoms with Gasteiger partial charge < -0.3 is 0 Å². The Kier molecular flexibility index (Phi) is 5.50. The Morgan fingerprint density at radius 2 is 1.00 bits per heavy atom. The number of rotatable bonds is 2. The molecule has 2 aromatic carbocycles. The van der Waals surface area contributed by atoms with Crippen molar-refractivity contribution in [3.63, 3.8) is 0 Å². The molecule has 0 unspecified atom stereocenters. The van der Waals surface area contributed by atoms with Crippen LogP contribution in [0.2, 0.25) is 0 Å². The molecule has 3 nitrogen and oxygen atoms in total. The van der Waals surface area contributed by atoms with E-state index < -0.39 is 0 Å². The number of nitrogens with zero attached hydrogens (tertiary/aromatic N) is 3. The Balaban J connectivity index is 1.64. The average molecular weight is 422 g/mol. The summed E-state index contributed by atoms with van der Waals surface area (Å²) in [5.41, 5.74) is 14.2. The first-order valence-electron chi connectivity index (χ1n) is 11.8. The summed E-state index contributed by atoms with van der Waals surface area (Å²) in [7, 11) is 0. The Morgan fingerprint density at radius 3 is 1.41 bits per heavy atom. The molecule has 0 fully saturated rings. The lowest BCUT2D eigenvalue weighted by molar-refractivity contribution is 0.791. The number of aryl methyl sites for hydroxylation is 6. The van der Waals surface area contributed by atoms with Crippen LogP contribution in [0, 0.1) is 27.7 Å². The highest BCUT2D eigenvalue weighted by Crippen LogP contribution is 2.32. The minimum absolute atomic E-state index is 0.982. The van der Waals surface area contributed by atoms with Crippen molar-refractivity contribution in [3.05, 3.63) is 87.2 Å². The molecule has 3 aromatic rings. The lowest BCUT2D eigenvalue weighted by Gasteiger charge is -2.24. The molecule has 0 N–H and O–H groups in total. The molecule has 2 aliphatic carbocycles. The average Bonchev–Trinajstić information content (AvgIpc) is 2.78. The van der Waals surface area contributed by atoms with Crippen molar-refractivity contribution >= 4 is 22.8 Å². The highest BCUT2D eigenvalue weighted by atomic mass is 14.9. The van der Waals surface area contributed by atoms with Crippen molar-refractivity contribution in [3.8, 4) is 0 Å². The van der Waals surface area contributed by atoms with E-state index in [1.54, 1.807) is 0 Å². The standard InChI is InChI=1S/C29H31N3/c1-18-9-5-10-19(2)26(18)30-24-15-7-13-22-17-23-14-8-16-25(29(23)32-28(22)24)31-27-20(3)11-6-12-21(27)4/h5-6,9-12,17H,7-8,13-16H2,1-4H3/b30-24-,31-25+. The van der Waals surface area contributed by atoms with Crippen molar-refractivity contribution in [2.24, 2.45) is 9.98 Å². The van der Waals surface area contributed by atoms with E-state index in [0.717, 1.165) is 72.7 Å². The quantitative estimate of drug-likeness (QED) is 0.430. The molecule has 5 rings (SSSR count). The van der Waals surface area contributed by atoms with Gasteiger partial charge in [0.2, 0.25) is 0 Å². The monoisotopic (exact) mass is 421 g/mol. The predicted molar refractivity (Wildman–Crippen MR) is 134 cm³/mol. The molecule has 0 spiro atoms. The zero-order chi connectivity index (χ0) is 22.2. The molecule has 0 bridgehead atoms. The summed E-state index contributed by atoms with van der Waals surface area (Å²) in [5.74, 6) is 0. The van der Waals surface area contributed by atoms with Gasteiger partial charge in [0.15, 0.2) is 0 Å². The van der Waals surface area contributed by atoms with Crippen LogP contribution in [-0.2, 0) is 12.8 Å². The van der Waals surface area contributed by atoms with Gasteiger partial charge >= 0.3 is 0 Å². The van der Waals surface area contributed by atoms with Gasteiger partial charge in [0.05, 0.1) is 34.2 Å². The Hall–Kier alpha value is -3.07. The van der Waals surface area contributed by atoms with Crippen LogP contribution in [0.15, 0.2) is 52.4 Å². The summed E-state index contributed by atoms with van der Waals surface area (Å²) in [6.45, 7) is 8.58. The second-order valence-corrected chi connectivity index (χ2v) is 9.31. The first-order chi connectivity index (χ1) is 15.5. The van der Waals surface area contributed by atoms with E-state index in [9.17, 15) is 0 Å². The van der Waals surface area contributed by atoms with E-state index in [2.05, 4.69) is 70.2 Å². The molecule has 3 heteroatoms. The number of benzene rings is 2. The highest BCUT2D eigenvalue weighted by Gasteiger charge is 2.25. The van der Waals surface area contributed by atoms with Gasteiger partial charge in [0, 0.05) is 0 Å². The normalized spacial score (nSPS) is 18.0. The fraction of sp³-hybridized carbons (Fsp3) is 0.345. The van der Waals surface area contributed by atoms with Crippen LogP contribution in [0.4, 0.5) is 11.4 Å². The van der Waals surface area contributed by atoms with E-state index in [-0.39, 0.29) is 0 Å². The maximum Gasteiger partial charge on any atom is 0.0884 e. The number of hydrogen-bond acceptors (Lipinski definition) is 3. The van der Waals surface area contributed by atoms with Gasteiger partial charge in [-0.3, -0.25) is 9.98 Å². The van der Waals surface area contributed by atoms with Crippen LogP contribution in [0.3, 0.4) is 0 Å². The molecule has 2 aliphatic rings. The van der Waals surface area contributed by atoms with Crippen LogP contribution in [0.25, 0.3) is 0 Å². The third-order valence-electron chi connectivity index (χ3n) is 6.82. The van der Waals surface area contributed by atoms with Crippen LogP contribution in [-0.4, -0.2) is 16.4 Å². The number of fused-ring (bicyclic) bond motifs is 2. The van der Waals surface area contributed by atoms with Gasteiger partial charge in [0.1, 0.15) is 0 Å². The Morgan fingerprint density at radius 1 is 0.594 bits per heavy atom. The summed E-state index contributed by atoms with van der Waals surface area (Å²) in [6.07, 6.45) is 6.42. The van der Waals surface area contributed by atoms with Crippen molar-refractivity contribution in [1.82, 2.24) is 4.98 Å². The maximum atomic E-state index is 5.27. The fourth-order valence-electron chi connectivity index (χ4n) is 5.06. The van der Waals surface area contributed by atoms with Crippen LogP contribution in [0.1, 0.15) is 70.5 Å². The van der Waals surface area contributed by atoms with Gasteiger partial charge in [0.25, 0.3) is 0 Å². The smallest absolute Gasteiger partial charge is 0.0884 e. The third kappa shape index (κ3) is 3.81. The SMILES string of the molecule is Cc1cccc(C)c1/N=C1/CCCc2cc3c(nc21)/C(=N/c1c(C)cccc1C)CCC3. The van der Waals surface area contributed by atoms with Crippen molar-refractivity contribution < 1.29 is 0 Å². The molecule has 0 aliphatic heterocycles. The molecule has 0 radical (unpaired) electrons. The van der Waals surface area contributed by atoms with Gasteiger partial charge in [-0.1, -0.05) is 42.5 Å². The van der Waals surface area contributed by atoms with Gasteiger partial charge in [-0.2, -0.15) is 0 Å². The minimum Gasteiger partial charge on any atom is -0.251 e. The van der Waals surface area contributed by atoms with Crippen molar-refractivity contribution in [1.29, 1.82) is 0 Å². The molecule has 0 amide bonds. The van der Waals surface area contributed by atoms with E-state index in [4.69, 9.17) is 15.0 Å². The zero-order valence-corrected chi connectivity index (χ0v) is 19.6. The van der Waals surface area contributed by atoms with Crippen LogP contribution >= 0.6 is 0 Å². The van der Waals surface area contributed by atoms with Gasteiger partial charge in [-0.25, -0.2) is 4.98 Å². The van der Waals surface area contributed by atoms with E-state index in [1.165, 1.54) is 33.4 Å². The predicted octanol–water partition coefficient (Wildman–Crippen LogP) is 7.23. The Labute approximate surface area is 191 Å². The zero-order valence-electron chi connectivity index (χ0n) is 19.6. The molecular formula is C29H31N3. The van der Waals surface area contributed by atoms with Crippen LogP contribution in [0.5, 0.6) is 0 Å². The van der Waals surface area contributed by atoms with Gasteiger partial charge in [-0.15, -0.1) is 0 Å². The molecule has 162 valence electrons. The number of aliphatic imine (C=N–C) groups is 2. The summed E-state index contributed by atoms with van der Waals surface area (Å²) < 4.78 is 0. The number of pyridine rings is 1. The second kappa shape index (κ2) is 8.46. The van der Waals surface area contributed by atoms with Crippen molar-refractivity contribution in [2.45, 2.75) is 66.2 Å². The molecule has 1 aromatic heterocycles. The summed E-state index contributed by atoms with van der Waals surface area (Å²) >= 11 is 0. The van der Waals surface area contributed by atoms with Crippen molar-refractivity contribution in [2.75, 3.05) is 0 Å². The molecular weight excluding hydrogens is 390 g/mol. The topological polar surface area (TPSA) is 37.6 Å². The van der Waals surface area contributed by atoms with Gasteiger partial charge in [-0.05, 0) is 99.6 Å². The summed E-state index contributed by atoms with van der Waals surface area (Å²) in [5, 5.41) is 0. The minimum atomic E-state index is 0.982. The van der Waals surface area contributed by atoms with Crippen LogP contribution < -0.4 is 0 Å². The summed E-state index contributed by atoms with van der Waals surface area (Å²) in [4.78, 5) is 15.6. The Bertz CT molecular complexity index is 1130. The molecule has 0 atom stereocenters. The molecule has 1 heterocycles. The maximum absolute atomic E-state index is 5.27. The van der Waals surface area contributed by atoms with E-state index in [0.29, 0.717) is 0 Å². The molecule has 0 saturated carbocycles. The third-order valence-corrected chi connectivity index (χ3v) is 6.82. The first-order valence-corrected chi connectivity index (χ1v) is 11.8. The number of para-hydroxylation sites is 2. The van der Waals surface area contributed by atoms with E-state index in [1.807, 2.05) is 0 Å². The molecule has 0 saturated heterocycles. The van der Waals surface area contributed by atoms with E-state index >= 15 is 0 Å². The second-order valence-electron chi connectivity index (χ2n) is 9.31. The lowest BCUT2D eigenvalue weighted by atomic mass is 9.87. The first kappa shape index (κ1) is 20.8. The number of hydrogen-bond donors (Lipinski definition) is 0. The number of aromatic nitrogens is 1. The largest absolute Gasteiger partial charge is 0.251 e.